The third-order valence-corrected chi connectivity index (χ3v) is 3.82. The second-order valence-corrected chi connectivity index (χ2v) is 5.42. The predicted molar refractivity (Wildman–Crippen MR) is 75.0 cm³/mol. The number of alkyl halides is 3. The van der Waals surface area contributed by atoms with E-state index < -0.39 is 11.7 Å². The van der Waals surface area contributed by atoms with Crippen LogP contribution in [0, 0.1) is 0 Å². The van der Waals surface area contributed by atoms with Crippen LogP contribution in [0.15, 0.2) is 34.9 Å². The van der Waals surface area contributed by atoms with Crippen LogP contribution in [0.3, 0.4) is 0 Å². The van der Waals surface area contributed by atoms with Crippen molar-refractivity contribution in [3.8, 4) is 0 Å². The van der Waals surface area contributed by atoms with E-state index in [-0.39, 0.29) is 22.2 Å². The Balaban J connectivity index is 2.15. The SMILES string of the molecule is Cn1nccc1CCC(=O)c1ccc(Br)c(C(F)(F)F)c1. The minimum Gasteiger partial charge on any atom is -0.294 e. The molecule has 0 saturated carbocycles. The molecular weight excluding hydrogens is 349 g/mol. The number of Topliss-reactive ketones (excluding diaryl/α,β-unsaturated/α-hetero) is 1. The van der Waals surface area contributed by atoms with Gasteiger partial charge >= 0.3 is 6.18 Å². The van der Waals surface area contributed by atoms with Crippen molar-refractivity contribution in [2.75, 3.05) is 0 Å². The highest BCUT2D eigenvalue weighted by atomic mass is 79.9. The van der Waals surface area contributed by atoms with E-state index in [1.807, 2.05) is 0 Å². The molecular formula is C14H12BrF3N2O. The number of hydrogen-bond acceptors (Lipinski definition) is 2. The largest absolute Gasteiger partial charge is 0.417 e. The molecule has 0 fully saturated rings. The zero-order valence-corrected chi connectivity index (χ0v) is 12.7. The average Bonchev–Trinajstić information content (AvgIpc) is 2.80. The molecule has 0 N–H and O–H groups in total. The summed E-state index contributed by atoms with van der Waals surface area (Å²) in [4.78, 5) is 12.0. The maximum Gasteiger partial charge on any atom is 0.417 e. The van der Waals surface area contributed by atoms with Gasteiger partial charge in [0.15, 0.2) is 5.78 Å². The first kappa shape index (κ1) is 15.8. The van der Waals surface area contributed by atoms with Crippen LogP contribution < -0.4 is 0 Å². The van der Waals surface area contributed by atoms with Crippen molar-refractivity contribution in [3.63, 3.8) is 0 Å². The zero-order chi connectivity index (χ0) is 15.6. The number of ketones is 1. The molecule has 2 aromatic rings. The minimum atomic E-state index is -4.49. The lowest BCUT2D eigenvalue weighted by molar-refractivity contribution is -0.138. The maximum atomic E-state index is 12.8. The first-order valence-electron chi connectivity index (χ1n) is 6.16. The summed E-state index contributed by atoms with van der Waals surface area (Å²) in [6, 6.07) is 5.30. The fourth-order valence-corrected chi connectivity index (χ4v) is 2.42. The molecule has 0 aliphatic heterocycles. The quantitative estimate of drug-likeness (QED) is 0.772. The van der Waals surface area contributed by atoms with Gasteiger partial charge in [0.25, 0.3) is 0 Å². The van der Waals surface area contributed by atoms with Crippen molar-refractivity contribution in [2.45, 2.75) is 19.0 Å². The average molecular weight is 361 g/mol. The summed E-state index contributed by atoms with van der Waals surface area (Å²) in [7, 11) is 1.75. The fourth-order valence-electron chi connectivity index (χ4n) is 1.95. The highest BCUT2D eigenvalue weighted by Gasteiger charge is 2.33. The Morgan fingerprint density at radius 2 is 2.05 bits per heavy atom. The summed E-state index contributed by atoms with van der Waals surface area (Å²) >= 11 is 2.85. The van der Waals surface area contributed by atoms with E-state index in [0.29, 0.717) is 6.42 Å². The molecule has 0 unspecified atom stereocenters. The monoisotopic (exact) mass is 360 g/mol. The highest BCUT2D eigenvalue weighted by molar-refractivity contribution is 9.10. The van der Waals surface area contributed by atoms with Crippen LogP contribution in [0.25, 0.3) is 0 Å². The van der Waals surface area contributed by atoms with Gasteiger partial charge < -0.3 is 0 Å². The Bertz CT molecular complexity index is 664. The van der Waals surface area contributed by atoms with Crippen LogP contribution in [-0.2, 0) is 19.6 Å². The van der Waals surface area contributed by atoms with Gasteiger partial charge in [0.05, 0.1) is 5.56 Å². The molecule has 0 bridgehead atoms. The summed E-state index contributed by atoms with van der Waals surface area (Å²) in [6.07, 6.45) is -2.30. The summed E-state index contributed by atoms with van der Waals surface area (Å²) in [5.41, 5.74) is 0.0816. The lowest BCUT2D eigenvalue weighted by Crippen LogP contribution is -2.09. The number of rotatable bonds is 4. The summed E-state index contributed by atoms with van der Waals surface area (Å²) in [5, 5.41) is 3.98. The van der Waals surface area contributed by atoms with Crippen molar-refractivity contribution in [3.05, 3.63) is 51.8 Å². The number of hydrogen-bond donors (Lipinski definition) is 0. The van der Waals surface area contributed by atoms with Crippen molar-refractivity contribution in [1.29, 1.82) is 0 Å². The van der Waals surface area contributed by atoms with Gasteiger partial charge in [-0.1, -0.05) is 22.0 Å². The Morgan fingerprint density at radius 1 is 1.33 bits per heavy atom. The first-order chi connectivity index (χ1) is 9.79. The van der Waals surface area contributed by atoms with Crippen molar-refractivity contribution >= 4 is 21.7 Å². The van der Waals surface area contributed by atoms with Crippen LogP contribution in [0.1, 0.15) is 28.0 Å². The Morgan fingerprint density at radius 3 is 2.62 bits per heavy atom. The van der Waals surface area contributed by atoms with Crippen LogP contribution in [0.4, 0.5) is 13.2 Å². The van der Waals surface area contributed by atoms with Gasteiger partial charge in [-0.2, -0.15) is 18.3 Å². The van der Waals surface area contributed by atoms with Gasteiger partial charge in [-0.25, -0.2) is 0 Å². The van der Waals surface area contributed by atoms with E-state index in [2.05, 4.69) is 21.0 Å². The molecule has 0 amide bonds. The normalized spacial score (nSPS) is 11.7. The van der Waals surface area contributed by atoms with E-state index in [0.717, 1.165) is 11.8 Å². The minimum absolute atomic E-state index is 0.0627. The number of carbonyl (C=O) groups is 1. The number of aromatic nitrogens is 2. The van der Waals surface area contributed by atoms with Gasteiger partial charge in [0, 0.05) is 35.4 Å². The van der Waals surface area contributed by atoms with Crippen molar-refractivity contribution in [2.24, 2.45) is 7.05 Å². The Labute approximate surface area is 127 Å². The third-order valence-electron chi connectivity index (χ3n) is 3.12. The molecule has 1 aromatic carbocycles. The van der Waals surface area contributed by atoms with Crippen LogP contribution in [-0.4, -0.2) is 15.6 Å². The Kier molecular flexibility index (Phi) is 4.51. The van der Waals surface area contributed by atoms with Crippen LogP contribution in [0.5, 0.6) is 0 Å². The number of halogens is 4. The standard InChI is InChI=1S/C14H12BrF3N2O/c1-20-10(6-7-19-20)3-5-13(21)9-2-4-12(15)11(8-9)14(16,17)18/h2,4,6-8H,3,5H2,1H3. The molecule has 7 heteroatoms. The summed E-state index contributed by atoms with van der Waals surface area (Å²) in [5.74, 6) is -0.325. The second kappa shape index (κ2) is 6.01. The Hall–Kier alpha value is -1.63. The lowest BCUT2D eigenvalue weighted by atomic mass is 10.0. The number of nitrogens with zero attached hydrogens (tertiary/aromatic N) is 2. The molecule has 112 valence electrons. The molecule has 0 radical (unpaired) electrons. The van der Waals surface area contributed by atoms with Gasteiger partial charge in [0.1, 0.15) is 0 Å². The van der Waals surface area contributed by atoms with E-state index in [1.54, 1.807) is 24.0 Å². The van der Waals surface area contributed by atoms with E-state index in [4.69, 9.17) is 0 Å². The summed E-state index contributed by atoms with van der Waals surface area (Å²) in [6.45, 7) is 0. The molecule has 3 nitrogen and oxygen atoms in total. The molecule has 1 heterocycles. The molecule has 0 saturated heterocycles. The van der Waals surface area contributed by atoms with Gasteiger partial charge in [-0.05, 0) is 24.6 Å². The topological polar surface area (TPSA) is 34.9 Å². The van der Waals surface area contributed by atoms with Crippen LogP contribution in [0.2, 0.25) is 0 Å². The van der Waals surface area contributed by atoms with Crippen LogP contribution >= 0.6 is 15.9 Å². The number of carbonyl (C=O) groups excluding carboxylic acids is 1. The van der Waals surface area contributed by atoms with Gasteiger partial charge in [-0.3, -0.25) is 9.48 Å². The molecule has 0 atom stereocenters. The maximum absolute atomic E-state index is 12.8. The smallest absolute Gasteiger partial charge is 0.294 e. The van der Waals surface area contributed by atoms with Gasteiger partial charge in [-0.15, -0.1) is 0 Å². The molecule has 2 rings (SSSR count). The summed E-state index contributed by atoms with van der Waals surface area (Å²) < 4.78 is 40.0. The first-order valence-corrected chi connectivity index (χ1v) is 6.95. The third kappa shape index (κ3) is 3.72. The molecule has 0 aliphatic carbocycles. The molecule has 21 heavy (non-hydrogen) atoms. The molecule has 0 aliphatic rings. The molecule has 1 aromatic heterocycles. The zero-order valence-electron chi connectivity index (χ0n) is 11.1. The predicted octanol–water partition coefficient (Wildman–Crippen LogP) is 4.02. The van der Waals surface area contributed by atoms with Gasteiger partial charge in [0.2, 0.25) is 0 Å². The molecule has 0 spiro atoms. The number of benzene rings is 1. The van der Waals surface area contributed by atoms with Crippen molar-refractivity contribution < 1.29 is 18.0 Å². The van der Waals surface area contributed by atoms with E-state index in [9.17, 15) is 18.0 Å². The lowest BCUT2D eigenvalue weighted by Gasteiger charge is -2.10. The van der Waals surface area contributed by atoms with E-state index in [1.165, 1.54) is 12.1 Å². The van der Waals surface area contributed by atoms with Crippen molar-refractivity contribution in [1.82, 2.24) is 9.78 Å². The number of aryl methyl sites for hydroxylation is 2. The van der Waals surface area contributed by atoms with E-state index >= 15 is 0 Å². The fraction of sp³-hybridized carbons (Fsp3) is 0.286. The highest BCUT2D eigenvalue weighted by Crippen LogP contribution is 2.35. The second-order valence-electron chi connectivity index (χ2n) is 4.56.